The molecule has 0 saturated carbocycles. The lowest BCUT2D eigenvalue weighted by molar-refractivity contribution is 0.0690. The van der Waals surface area contributed by atoms with Gasteiger partial charge >= 0.3 is 5.97 Å². The molecule has 0 atom stereocenters. The van der Waals surface area contributed by atoms with Crippen molar-refractivity contribution in [2.45, 2.75) is 29.2 Å². The molecule has 19 heavy (non-hydrogen) atoms. The second kappa shape index (κ2) is 5.01. The highest BCUT2D eigenvalue weighted by atomic mass is 32.2. The van der Waals surface area contributed by atoms with Crippen LogP contribution in [0.1, 0.15) is 28.2 Å². The molecule has 0 spiro atoms. The average Bonchev–Trinajstić information content (AvgIpc) is 2.86. The van der Waals surface area contributed by atoms with E-state index in [4.69, 9.17) is 5.11 Å². The highest BCUT2D eigenvalue weighted by Gasteiger charge is 2.13. The standard InChI is InChI=1S/C14H12N2O2S/c17-14(18)12-8-10(6-7-15-12)19-13-5-4-9-2-1-3-11(9)16-13/h4-8H,1-3H2,(H,17,18). The minimum Gasteiger partial charge on any atom is -0.477 e. The number of carboxylic acid groups (broad SMARTS) is 1. The summed E-state index contributed by atoms with van der Waals surface area (Å²) in [6.07, 6.45) is 4.85. The smallest absolute Gasteiger partial charge is 0.354 e. The normalized spacial score (nSPS) is 13.3. The van der Waals surface area contributed by atoms with Crippen LogP contribution in [-0.2, 0) is 12.8 Å². The molecule has 3 rings (SSSR count). The van der Waals surface area contributed by atoms with Crippen molar-refractivity contribution in [3.63, 3.8) is 0 Å². The van der Waals surface area contributed by atoms with Crippen molar-refractivity contribution in [1.29, 1.82) is 0 Å². The van der Waals surface area contributed by atoms with Crippen LogP contribution in [0.4, 0.5) is 0 Å². The van der Waals surface area contributed by atoms with Gasteiger partial charge < -0.3 is 5.11 Å². The van der Waals surface area contributed by atoms with Crippen molar-refractivity contribution < 1.29 is 9.90 Å². The average molecular weight is 272 g/mol. The molecular weight excluding hydrogens is 260 g/mol. The van der Waals surface area contributed by atoms with Gasteiger partial charge in [-0.1, -0.05) is 17.8 Å². The van der Waals surface area contributed by atoms with Gasteiger partial charge in [0.2, 0.25) is 0 Å². The summed E-state index contributed by atoms with van der Waals surface area (Å²) in [5.74, 6) is -1.01. The number of hydrogen-bond acceptors (Lipinski definition) is 4. The van der Waals surface area contributed by atoms with Crippen molar-refractivity contribution in [1.82, 2.24) is 9.97 Å². The SMILES string of the molecule is O=C(O)c1cc(Sc2ccc3c(n2)CCC3)ccn1. The Bertz CT molecular complexity index is 643. The number of hydrogen-bond donors (Lipinski definition) is 1. The minimum absolute atomic E-state index is 0.0613. The number of nitrogens with zero attached hydrogens (tertiary/aromatic N) is 2. The van der Waals surface area contributed by atoms with Gasteiger partial charge in [0.1, 0.15) is 10.7 Å². The fourth-order valence-corrected chi connectivity index (χ4v) is 3.00. The number of aromatic nitrogens is 2. The van der Waals surface area contributed by atoms with Gasteiger partial charge in [0.25, 0.3) is 0 Å². The maximum atomic E-state index is 10.9. The molecule has 4 nitrogen and oxygen atoms in total. The molecule has 96 valence electrons. The van der Waals surface area contributed by atoms with Crippen LogP contribution in [0.2, 0.25) is 0 Å². The van der Waals surface area contributed by atoms with E-state index in [1.807, 2.05) is 6.07 Å². The molecule has 0 aliphatic heterocycles. The van der Waals surface area contributed by atoms with E-state index in [-0.39, 0.29) is 5.69 Å². The predicted molar refractivity (Wildman–Crippen MR) is 71.6 cm³/mol. The third-order valence-corrected chi connectivity index (χ3v) is 4.00. The highest BCUT2D eigenvalue weighted by molar-refractivity contribution is 7.99. The van der Waals surface area contributed by atoms with Crippen LogP contribution in [0.25, 0.3) is 0 Å². The van der Waals surface area contributed by atoms with Crippen LogP contribution < -0.4 is 0 Å². The molecule has 0 bridgehead atoms. The molecule has 0 saturated heterocycles. The van der Waals surface area contributed by atoms with Gasteiger partial charge in [-0.05, 0) is 43.0 Å². The predicted octanol–water partition coefficient (Wildman–Crippen LogP) is 2.81. The van der Waals surface area contributed by atoms with Gasteiger partial charge in [-0.2, -0.15) is 0 Å². The first-order valence-electron chi connectivity index (χ1n) is 6.08. The zero-order valence-corrected chi connectivity index (χ0v) is 11.0. The molecule has 1 aliphatic carbocycles. The largest absolute Gasteiger partial charge is 0.477 e. The van der Waals surface area contributed by atoms with Crippen molar-refractivity contribution in [3.8, 4) is 0 Å². The lowest BCUT2D eigenvalue weighted by Gasteiger charge is -2.04. The Balaban J connectivity index is 1.85. The van der Waals surface area contributed by atoms with Crippen LogP contribution in [0, 0.1) is 0 Å². The summed E-state index contributed by atoms with van der Waals surface area (Å²) in [5.41, 5.74) is 2.58. The van der Waals surface area contributed by atoms with E-state index in [2.05, 4.69) is 16.0 Å². The fourth-order valence-electron chi connectivity index (χ4n) is 2.17. The number of carbonyl (C=O) groups is 1. The second-order valence-electron chi connectivity index (χ2n) is 4.39. The van der Waals surface area contributed by atoms with Gasteiger partial charge in [0.05, 0.1) is 0 Å². The number of aryl methyl sites for hydroxylation is 2. The molecule has 0 fully saturated rings. The van der Waals surface area contributed by atoms with E-state index < -0.39 is 5.97 Å². The maximum Gasteiger partial charge on any atom is 0.354 e. The van der Waals surface area contributed by atoms with Crippen LogP contribution in [0.5, 0.6) is 0 Å². The minimum atomic E-state index is -1.01. The molecule has 5 heteroatoms. The molecule has 2 heterocycles. The van der Waals surface area contributed by atoms with Crippen LogP contribution >= 0.6 is 11.8 Å². The Kier molecular flexibility index (Phi) is 3.21. The summed E-state index contributed by atoms with van der Waals surface area (Å²) in [4.78, 5) is 20.1. The molecule has 1 N–H and O–H groups in total. The number of carboxylic acids is 1. The molecule has 1 aliphatic rings. The Morgan fingerprint density at radius 2 is 2.16 bits per heavy atom. The summed E-state index contributed by atoms with van der Waals surface area (Å²) in [6, 6.07) is 7.49. The first-order valence-corrected chi connectivity index (χ1v) is 6.90. The van der Waals surface area contributed by atoms with Crippen LogP contribution in [0.3, 0.4) is 0 Å². The summed E-state index contributed by atoms with van der Waals surface area (Å²) < 4.78 is 0. The molecule has 0 radical (unpaired) electrons. The summed E-state index contributed by atoms with van der Waals surface area (Å²) in [5, 5.41) is 9.82. The number of aromatic carboxylic acids is 1. The lowest BCUT2D eigenvalue weighted by Crippen LogP contribution is -1.99. The van der Waals surface area contributed by atoms with Gasteiger partial charge in [0, 0.05) is 16.8 Å². The molecule has 2 aromatic heterocycles. The van der Waals surface area contributed by atoms with Crippen molar-refractivity contribution in [2.24, 2.45) is 0 Å². The molecule has 2 aromatic rings. The second-order valence-corrected chi connectivity index (χ2v) is 5.49. The highest BCUT2D eigenvalue weighted by Crippen LogP contribution is 2.29. The summed E-state index contributed by atoms with van der Waals surface area (Å²) >= 11 is 1.47. The fraction of sp³-hybridized carbons (Fsp3) is 0.214. The third-order valence-electron chi connectivity index (χ3n) is 3.08. The zero-order chi connectivity index (χ0) is 13.2. The topological polar surface area (TPSA) is 63.1 Å². The Morgan fingerprint density at radius 3 is 3.00 bits per heavy atom. The van der Waals surface area contributed by atoms with Gasteiger partial charge in [-0.25, -0.2) is 14.8 Å². The van der Waals surface area contributed by atoms with E-state index >= 15 is 0 Å². The molecule has 0 aromatic carbocycles. The lowest BCUT2D eigenvalue weighted by atomic mass is 10.2. The van der Waals surface area contributed by atoms with E-state index in [9.17, 15) is 4.79 Å². The number of rotatable bonds is 3. The van der Waals surface area contributed by atoms with E-state index in [0.29, 0.717) is 0 Å². The summed E-state index contributed by atoms with van der Waals surface area (Å²) in [6.45, 7) is 0. The van der Waals surface area contributed by atoms with Crippen LogP contribution in [0.15, 0.2) is 40.4 Å². The van der Waals surface area contributed by atoms with E-state index in [0.717, 1.165) is 22.8 Å². The van der Waals surface area contributed by atoms with E-state index in [1.54, 1.807) is 12.1 Å². The Labute approximate surface area is 114 Å². The molecule has 0 amide bonds. The van der Waals surface area contributed by atoms with Gasteiger partial charge in [0.15, 0.2) is 0 Å². The van der Waals surface area contributed by atoms with Gasteiger partial charge in [-0.15, -0.1) is 0 Å². The van der Waals surface area contributed by atoms with Crippen molar-refractivity contribution >= 4 is 17.7 Å². The summed E-state index contributed by atoms with van der Waals surface area (Å²) in [7, 11) is 0. The first-order chi connectivity index (χ1) is 9.22. The monoisotopic (exact) mass is 272 g/mol. The zero-order valence-electron chi connectivity index (χ0n) is 10.2. The molecular formula is C14H12N2O2S. The Morgan fingerprint density at radius 1 is 1.26 bits per heavy atom. The maximum absolute atomic E-state index is 10.9. The molecule has 0 unspecified atom stereocenters. The first kappa shape index (κ1) is 12.2. The Hall–Kier alpha value is -1.88. The van der Waals surface area contributed by atoms with Crippen molar-refractivity contribution in [3.05, 3.63) is 47.4 Å². The number of pyridine rings is 2. The number of fused-ring (bicyclic) bond motifs is 1. The van der Waals surface area contributed by atoms with Crippen molar-refractivity contribution in [2.75, 3.05) is 0 Å². The van der Waals surface area contributed by atoms with Gasteiger partial charge in [-0.3, -0.25) is 0 Å². The quantitative estimate of drug-likeness (QED) is 0.930. The van der Waals surface area contributed by atoms with E-state index in [1.165, 1.54) is 35.6 Å². The van der Waals surface area contributed by atoms with Crippen LogP contribution in [-0.4, -0.2) is 21.0 Å². The third kappa shape index (κ3) is 2.61.